The summed E-state index contributed by atoms with van der Waals surface area (Å²) in [6, 6.07) is 13.9. The smallest absolute Gasteiger partial charge is 0.228 e. The highest BCUT2D eigenvalue weighted by Crippen LogP contribution is 2.27. The molecule has 0 saturated carbocycles. The molecule has 0 atom stereocenters. The average molecular weight is 336 g/mol. The third kappa shape index (κ3) is 4.08. The topological polar surface area (TPSA) is 49.4 Å². The van der Waals surface area contributed by atoms with Crippen molar-refractivity contribution in [3.63, 3.8) is 0 Å². The van der Waals surface area contributed by atoms with Gasteiger partial charge in [0.05, 0.1) is 6.42 Å². The molecule has 1 N–H and O–H groups in total. The lowest BCUT2D eigenvalue weighted by molar-refractivity contribution is -0.117. The van der Waals surface area contributed by atoms with Crippen molar-refractivity contribution in [2.45, 2.75) is 39.5 Å². The van der Waals surface area contributed by atoms with Crippen LogP contribution in [0.2, 0.25) is 0 Å². The van der Waals surface area contributed by atoms with E-state index >= 15 is 0 Å². The second-order valence-corrected chi connectivity index (χ2v) is 6.55. The summed E-state index contributed by atoms with van der Waals surface area (Å²) < 4.78 is 0. The van der Waals surface area contributed by atoms with E-state index in [4.69, 9.17) is 0 Å². The van der Waals surface area contributed by atoms with Crippen molar-refractivity contribution in [1.82, 2.24) is 0 Å². The van der Waals surface area contributed by atoms with E-state index in [-0.39, 0.29) is 11.8 Å². The van der Waals surface area contributed by atoms with Crippen LogP contribution < -0.4 is 10.2 Å². The van der Waals surface area contributed by atoms with Crippen LogP contribution in [0.3, 0.4) is 0 Å². The van der Waals surface area contributed by atoms with Crippen molar-refractivity contribution in [2.24, 2.45) is 0 Å². The molecule has 1 aliphatic heterocycles. The number of aryl methyl sites for hydroxylation is 2. The van der Waals surface area contributed by atoms with Crippen LogP contribution in [-0.4, -0.2) is 18.4 Å². The molecule has 2 aromatic carbocycles. The number of amides is 2. The number of nitrogens with one attached hydrogen (secondary N) is 1. The summed E-state index contributed by atoms with van der Waals surface area (Å²) in [5.41, 5.74) is 4.98. The van der Waals surface area contributed by atoms with Crippen LogP contribution in [0.1, 0.15) is 36.5 Å². The van der Waals surface area contributed by atoms with Gasteiger partial charge in [0.15, 0.2) is 0 Å². The van der Waals surface area contributed by atoms with E-state index in [9.17, 15) is 9.59 Å². The lowest BCUT2D eigenvalue weighted by Gasteiger charge is -2.19. The number of hydrogen-bond donors (Lipinski definition) is 1. The summed E-state index contributed by atoms with van der Waals surface area (Å²) in [4.78, 5) is 26.0. The largest absolute Gasteiger partial charge is 0.326 e. The molecule has 1 aliphatic rings. The minimum atomic E-state index is -0.0337. The summed E-state index contributed by atoms with van der Waals surface area (Å²) in [5, 5.41) is 2.95. The second-order valence-electron chi connectivity index (χ2n) is 6.55. The summed E-state index contributed by atoms with van der Waals surface area (Å²) in [6.07, 6.45) is 2.88. The molecule has 0 radical (unpaired) electrons. The molecule has 0 spiro atoms. The fourth-order valence-corrected chi connectivity index (χ4v) is 3.22. The maximum absolute atomic E-state index is 12.3. The van der Waals surface area contributed by atoms with Crippen LogP contribution >= 0.6 is 0 Å². The molecule has 4 nitrogen and oxygen atoms in total. The monoisotopic (exact) mass is 336 g/mol. The Labute approximate surface area is 148 Å². The van der Waals surface area contributed by atoms with Gasteiger partial charge >= 0.3 is 0 Å². The van der Waals surface area contributed by atoms with Gasteiger partial charge in [0, 0.05) is 24.3 Å². The number of carbonyl (C=O) groups is 2. The molecule has 3 rings (SSSR count). The Bertz CT molecular complexity index is 781. The highest BCUT2D eigenvalue weighted by atomic mass is 16.2. The number of nitrogens with zero attached hydrogens (tertiary/aromatic N) is 1. The number of hydrogen-bond acceptors (Lipinski definition) is 2. The molecule has 0 aliphatic carbocycles. The van der Waals surface area contributed by atoms with Crippen LogP contribution in [0.25, 0.3) is 0 Å². The van der Waals surface area contributed by atoms with Crippen LogP contribution in [0.5, 0.6) is 0 Å². The highest BCUT2D eigenvalue weighted by Gasteiger charge is 2.23. The van der Waals surface area contributed by atoms with E-state index in [1.54, 1.807) is 0 Å². The molecular weight excluding hydrogens is 312 g/mol. The minimum Gasteiger partial charge on any atom is -0.326 e. The maximum atomic E-state index is 12.3. The predicted molar refractivity (Wildman–Crippen MR) is 101 cm³/mol. The molecule has 0 aromatic heterocycles. The van der Waals surface area contributed by atoms with Crippen molar-refractivity contribution in [3.8, 4) is 0 Å². The highest BCUT2D eigenvalue weighted by molar-refractivity contribution is 5.97. The van der Waals surface area contributed by atoms with Crippen molar-refractivity contribution < 1.29 is 9.59 Å². The number of benzene rings is 2. The Hall–Kier alpha value is -2.62. The van der Waals surface area contributed by atoms with Gasteiger partial charge < -0.3 is 10.2 Å². The number of rotatable bonds is 5. The van der Waals surface area contributed by atoms with E-state index in [0.29, 0.717) is 12.8 Å². The lowest BCUT2D eigenvalue weighted by atomic mass is 10.1. The van der Waals surface area contributed by atoms with Crippen LogP contribution in [0.15, 0.2) is 42.5 Å². The second kappa shape index (κ2) is 7.51. The Morgan fingerprint density at radius 2 is 1.84 bits per heavy atom. The van der Waals surface area contributed by atoms with Gasteiger partial charge in [-0.1, -0.05) is 31.2 Å². The molecule has 130 valence electrons. The molecule has 2 aromatic rings. The summed E-state index contributed by atoms with van der Waals surface area (Å²) in [5.74, 6) is 0.143. The first-order valence-electron chi connectivity index (χ1n) is 8.85. The Morgan fingerprint density at radius 3 is 2.44 bits per heavy atom. The van der Waals surface area contributed by atoms with Crippen molar-refractivity contribution in [2.75, 3.05) is 16.8 Å². The molecule has 1 saturated heterocycles. The Kier molecular flexibility index (Phi) is 5.17. The zero-order chi connectivity index (χ0) is 17.8. The number of carbonyl (C=O) groups excluding carboxylic acids is 2. The van der Waals surface area contributed by atoms with E-state index in [1.165, 1.54) is 5.56 Å². The first-order chi connectivity index (χ1) is 12.1. The van der Waals surface area contributed by atoms with Gasteiger partial charge in [-0.05, 0) is 54.7 Å². The zero-order valence-electron chi connectivity index (χ0n) is 14.8. The molecule has 2 amide bonds. The average Bonchev–Trinajstić information content (AvgIpc) is 3.01. The molecule has 0 bridgehead atoms. The molecule has 1 fully saturated rings. The van der Waals surface area contributed by atoms with Crippen LogP contribution in [0.4, 0.5) is 11.4 Å². The molecule has 4 heteroatoms. The fourth-order valence-electron chi connectivity index (χ4n) is 3.22. The first-order valence-corrected chi connectivity index (χ1v) is 8.85. The van der Waals surface area contributed by atoms with Gasteiger partial charge in [0.1, 0.15) is 0 Å². The van der Waals surface area contributed by atoms with E-state index in [1.807, 2.05) is 42.2 Å². The molecular formula is C21H24N2O2. The van der Waals surface area contributed by atoms with Crippen LogP contribution in [0, 0.1) is 6.92 Å². The quantitative estimate of drug-likeness (QED) is 0.901. The van der Waals surface area contributed by atoms with Crippen LogP contribution in [-0.2, 0) is 22.4 Å². The third-order valence-electron chi connectivity index (χ3n) is 4.64. The number of anilines is 2. The zero-order valence-corrected chi connectivity index (χ0v) is 14.8. The minimum absolute atomic E-state index is 0.0337. The summed E-state index contributed by atoms with van der Waals surface area (Å²) >= 11 is 0. The van der Waals surface area contributed by atoms with Gasteiger partial charge in [-0.15, -0.1) is 0 Å². The standard InChI is InChI=1S/C21H24N2O2/c1-3-16-6-8-17(9-7-16)14-20(24)22-18-10-11-19(15(2)13-18)23-12-4-5-21(23)25/h6-11,13H,3-5,12,14H2,1-2H3,(H,22,24). The van der Waals surface area contributed by atoms with Crippen molar-refractivity contribution in [3.05, 3.63) is 59.2 Å². The van der Waals surface area contributed by atoms with Gasteiger partial charge in [-0.25, -0.2) is 0 Å². The van der Waals surface area contributed by atoms with E-state index in [2.05, 4.69) is 24.4 Å². The van der Waals surface area contributed by atoms with E-state index < -0.39 is 0 Å². The van der Waals surface area contributed by atoms with Gasteiger partial charge in [-0.2, -0.15) is 0 Å². The fraction of sp³-hybridized carbons (Fsp3) is 0.333. The molecule has 0 unspecified atom stereocenters. The molecule has 1 heterocycles. The maximum Gasteiger partial charge on any atom is 0.228 e. The van der Waals surface area contributed by atoms with E-state index in [0.717, 1.165) is 41.9 Å². The normalized spacial score (nSPS) is 14.0. The predicted octanol–water partition coefficient (Wildman–Crippen LogP) is 3.87. The third-order valence-corrected chi connectivity index (χ3v) is 4.64. The Balaban J connectivity index is 1.64. The SMILES string of the molecule is CCc1ccc(CC(=O)Nc2ccc(N3CCCC3=O)c(C)c2)cc1. The summed E-state index contributed by atoms with van der Waals surface area (Å²) in [7, 11) is 0. The van der Waals surface area contributed by atoms with Crippen molar-refractivity contribution in [1.29, 1.82) is 0 Å². The van der Waals surface area contributed by atoms with Gasteiger partial charge in [-0.3, -0.25) is 9.59 Å². The first kappa shape index (κ1) is 17.2. The van der Waals surface area contributed by atoms with Crippen molar-refractivity contribution >= 4 is 23.2 Å². The van der Waals surface area contributed by atoms with Gasteiger partial charge in [0.25, 0.3) is 0 Å². The summed E-state index contributed by atoms with van der Waals surface area (Å²) in [6.45, 7) is 4.86. The Morgan fingerprint density at radius 1 is 1.12 bits per heavy atom. The van der Waals surface area contributed by atoms with Gasteiger partial charge in [0.2, 0.25) is 11.8 Å². The lowest BCUT2D eigenvalue weighted by Crippen LogP contribution is -2.24. The molecule has 25 heavy (non-hydrogen) atoms.